The molecule has 11 heteroatoms. The Balaban J connectivity index is 2.44. The fraction of sp³-hybridized carbons (Fsp3) is 0.438. The van der Waals surface area contributed by atoms with E-state index in [-0.39, 0.29) is 10.7 Å². The Morgan fingerprint density at radius 3 is 2.44 bits per heavy atom. The van der Waals surface area contributed by atoms with Gasteiger partial charge in [0.25, 0.3) is 0 Å². The first-order chi connectivity index (χ1) is 12.4. The predicted molar refractivity (Wildman–Crippen MR) is 92.6 cm³/mol. The Kier molecular flexibility index (Phi) is 5.79. The van der Waals surface area contributed by atoms with Crippen molar-refractivity contribution in [3.05, 3.63) is 35.2 Å². The highest BCUT2D eigenvalue weighted by molar-refractivity contribution is 8.14. The minimum atomic E-state index is -4.74. The van der Waals surface area contributed by atoms with E-state index >= 15 is 0 Å². The van der Waals surface area contributed by atoms with Crippen LogP contribution in [0.3, 0.4) is 0 Å². The van der Waals surface area contributed by atoms with Gasteiger partial charge in [-0.3, -0.25) is 5.43 Å². The summed E-state index contributed by atoms with van der Waals surface area (Å²) in [5.74, 6) is 0.448. The van der Waals surface area contributed by atoms with Gasteiger partial charge < -0.3 is 0 Å². The van der Waals surface area contributed by atoms with Crippen molar-refractivity contribution in [3.63, 3.8) is 0 Å². The molecule has 1 heterocycles. The summed E-state index contributed by atoms with van der Waals surface area (Å²) < 4.78 is 78.0. The molecular formula is C16H14F6N4S. The first kappa shape index (κ1) is 21.1. The van der Waals surface area contributed by atoms with Crippen LogP contribution in [0.5, 0.6) is 0 Å². The number of rotatable bonds is 3. The zero-order valence-corrected chi connectivity index (χ0v) is 15.0. The van der Waals surface area contributed by atoms with Crippen LogP contribution >= 0.6 is 11.8 Å². The molecule has 1 aromatic carbocycles. The number of hydrazone groups is 1. The topological polar surface area (TPSA) is 41.1 Å². The van der Waals surface area contributed by atoms with E-state index < -0.39 is 41.3 Å². The maximum Gasteiger partial charge on any atom is 0.431 e. The minimum Gasteiger partial charge on any atom is -0.297 e. The lowest BCUT2D eigenvalue weighted by Gasteiger charge is -2.25. The molecule has 0 fully saturated rings. The fourth-order valence-electron chi connectivity index (χ4n) is 2.38. The van der Waals surface area contributed by atoms with Gasteiger partial charge in [-0.1, -0.05) is 13.0 Å². The molecule has 1 atom stereocenters. The minimum absolute atomic E-state index is 0.103. The molecule has 0 unspecified atom stereocenters. The van der Waals surface area contributed by atoms with Crippen LogP contribution in [0.4, 0.5) is 37.7 Å². The van der Waals surface area contributed by atoms with Crippen LogP contribution in [-0.4, -0.2) is 28.2 Å². The standard InChI is InChI=1S/C16H14F6N4S/c1-4-27-13(14(2)8-12(25-26-14)16(20,21)22)24-9-5-6-11(23-3)10(7-9)15(17,18)19/h5-7,26H,4,8H2,1-2H3/b24-13-/t14-/m0/s1. The third kappa shape index (κ3) is 4.74. The Bertz CT molecular complexity index is 822. The van der Waals surface area contributed by atoms with Crippen molar-refractivity contribution in [2.75, 3.05) is 5.75 Å². The summed E-state index contributed by atoms with van der Waals surface area (Å²) in [6, 6.07) is 2.93. The van der Waals surface area contributed by atoms with Crippen LogP contribution in [0.25, 0.3) is 4.85 Å². The van der Waals surface area contributed by atoms with Crippen LogP contribution in [0.2, 0.25) is 0 Å². The van der Waals surface area contributed by atoms with E-state index in [0.29, 0.717) is 11.8 Å². The van der Waals surface area contributed by atoms with Crippen molar-refractivity contribution in [2.45, 2.75) is 38.2 Å². The lowest BCUT2D eigenvalue weighted by Crippen LogP contribution is -2.43. The second-order valence-corrected chi connectivity index (χ2v) is 7.09. The number of halogens is 6. The molecule has 0 aromatic heterocycles. The number of alkyl halides is 6. The van der Waals surface area contributed by atoms with Crippen LogP contribution in [0.1, 0.15) is 25.8 Å². The molecule has 1 aliphatic heterocycles. The van der Waals surface area contributed by atoms with Crippen LogP contribution in [0, 0.1) is 6.57 Å². The Morgan fingerprint density at radius 1 is 1.30 bits per heavy atom. The summed E-state index contributed by atoms with van der Waals surface area (Å²) in [5.41, 5.74) is -1.70. The molecule has 0 bridgehead atoms. The van der Waals surface area contributed by atoms with Gasteiger partial charge in [-0.25, -0.2) is 9.84 Å². The molecule has 0 saturated carbocycles. The lowest BCUT2D eigenvalue weighted by atomic mass is 9.98. The molecule has 1 N–H and O–H groups in total. The van der Waals surface area contributed by atoms with Gasteiger partial charge >= 0.3 is 12.4 Å². The second kappa shape index (κ2) is 7.42. The van der Waals surface area contributed by atoms with E-state index in [4.69, 9.17) is 6.57 Å². The normalized spacial score (nSPS) is 20.9. The molecule has 0 aliphatic carbocycles. The van der Waals surface area contributed by atoms with E-state index in [0.717, 1.165) is 17.8 Å². The average molecular weight is 408 g/mol. The summed E-state index contributed by atoms with van der Waals surface area (Å²) in [7, 11) is 0. The van der Waals surface area contributed by atoms with Gasteiger partial charge in [-0.2, -0.15) is 31.4 Å². The lowest BCUT2D eigenvalue weighted by molar-refractivity contribution is -0.136. The molecule has 0 spiro atoms. The van der Waals surface area contributed by atoms with Gasteiger partial charge in [-0.05, 0) is 24.8 Å². The largest absolute Gasteiger partial charge is 0.431 e. The number of nitrogens with zero attached hydrogens (tertiary/aromatic N) is 3. The van der Waals surface area contributed by atoms with E-state index in [9.17, 15) is 26.3 Å². The number of benzene rings is 1. The van der Waals surface area contributed by atoms with Crippen LogP contribution in [0.15, 0.2) is 28.3 Å². The summed E-state index contributed by atoms with van der Waals surface area (Å²) in [6.07, 6.45) is -9.84. The van der Waals surface area contributed by atoms with Crippen molar-refractivity contribution >= 4 is 33.9 Å². The molecule has 0 saturated heterocycles. The van der Waals surface area contributed by atoms with Crippen molar-refractivity contribution in [3.8, 4) is 0 Å². The van der Waals surface area contributed by atoms with Crippen LogP contribution < -0.4 is 5.43 Å². The third-order valence-corrected chi connectivity index (χ3v) is 4.78. The highest BCUT2D eigenvalue weighted by Gasteiger charge is 2.47. The molecule has 2 rings (SSSR count). The SMILES string of the molecule is [C-]#[N+]c1ccc(/N=C(\SCC)[C@]2(C)CC(C(F)(F)F)=NN2)cc1C(F)(F)F. The number of hydrogen-bond acceptors (Lipinski definition) is 4. The first-order valence-electron chi connectivity index (χ1n) is 7.62. The van der Waals surface area contributed by atoms with Gasteiger partial charge in [0.1, 0.15) is 16.3 Å². The Hall–Kier alpha value is -2.22. The van der Waals surface area contributed by atoms with Gasteiger partial charge in [0, 0.05) is 6.42 Å². The number of hydrogen-bond donors (Lipinski definition) is 1. The van der Waals surface area contributed by atoms with E-state index in [2.05, 4.69) is 20.4 Å². The van der Waals surface area contributed by atoms with Gasteiger partial charge in [0.2, 0.25) is 0 Å². The Labute approximate surface area is 155 Å². The van der Waals surface area contributed by atoms with E-state index in [1.165, 1.54) is 13.0 Å². The van der Waals surface area contributed by atoms with Crippen molar-refractivity contribution in [2.24, 2.45) is 10.1 Å². The van der Waals surface area contributed by atoms with Crippen molar-refractivity contribution in [1.29, 1.82) is 0 Å². The molecule has 4 nitrogen and oxygen atoms in total. The van der Waals surface area contributed by atoms with Crippen molar-refractivity contribution in [1.82, 2.24) is 5.43 Å². The fourth-order valence-corrected chi connectivity index (χ4v) is 3.26. The van der Waals surface area contributed by atoms with Gasteiger partial charge in [-0.15, -0.1) is 11.8 Å². The number of aliphatic imine (C=N–C) groups is 1. The zero-order valence-electron chi connectivity index (χ0n) is 14.2. The van der Waals surface area contributed by atoms with Crippen molar-refractivity contribution < 1.29 is 26.3 Å². The van der Waals surface area contributed by atoms with E-state index in [1.54, 1.807) is 6.92 Å². The highest BCUT2D eigenvalue weighted by atomic mass is 32.2. The molecule has 0 amide bonds. The Morgan fingerprint density at radius 2 is 1.96 bits per heavy atom. The number of thioether (sulfide) groups is 1. The molecule has 1 aliphatic rings. The highest BCUT2D eigenvalue weighted by Crippen LogP contribution is 2.39. The third-order valence-electron chi connectivity index (χ3n) is 3.68. The summed E-state index contributed by atoms with van der Waals surface area (Å²) >= 11 is 1.11. The molecule has 0 radical (unpaired) electrons. The van der Waals surface area contributed by atoms with Crippen LogP contribution in [-0.2, 0) is 6.18 Å². The monoisotopic (exact) mass is 408 g/mol. The average Bonchev–Trinajstić information content (AvgIpc) is 2.97. The quantitative estimate of drug-likeness (QED) is 0.301. The predicted octanol–water partition coefficient (Wildman–Crippen LogP) is 5.71. The van der Waals surface area contributed by atoms with Gasteiger partial charge in [0.15, 0.2) is 5.69 Å². The zero-order chi connectivity index (χ0) is 20.5. The smallest absolute Gasteiger partial charge is 0.297 e. The molecule has 1 aromatic rings. The maximum absolute atomic E-state index is 13.1. The second-order valence-electron chi connectivity index (χ2n) is 5.84. The van der Waals surface area contributed by atoms with E-state index in [1.807, 2.05) is 0 Å². The molecule has 27 heavy (non-hydrogen) atoms. The summed E-state index contributed by atoms with van der Waals surface area (Å²) in [6.45, 7) is 10.0. The van der Waals surface area contributed by atoms with Gasteiger partial charge in [0.05, 0.1) is 17.8 Å². The molecule has 146 valence electrons. The number of nitrogens with one attached hydrogen (secondary N) is 1. The summed E-state index contributed by atoms with van der Waals surface area (Å²) in [4.78, 5) is 6.98. The maximum atomic E-state index is 13.1. The first-order valence-corrected chi connectivity index (χ1v) is 8.61. The molecular weight excluding hydrogens is 394 g/mol. The summed E-state index contributed by atoms with van der Waals surface area (Å²) in [5, 5.41) is 3.49.